The summed E-state index contributed by atoms with van der Waals surface area (Å²) in [5.41, 5.74) is 6.33. The Labute approximate surface area is 108 Å². The summed E-state index contributed by atoms with van der Waals surface area (Å²) in [5.74, 6) is -1.40. The summed E-state index contributed by atoms with van der Waals surface area (Å²) in [5, 5.41) is 4.01. The average molecular weight is 265 g/mol. The maximum atomic E-state index is 13.6. The van der Waals surface area contributed by atoms with Crippen LogP contribution in [0.4, 0.5) is 8.78 Å². The average Bonchev–Trinajstić information content (AvgIpc) is 2.33. The van der Waals surface area contributed by atoms with Gasteiger partial charge in [0.1, 0.15) is 11.6 Å². The number of rotatable bonds is 3. The van der Waals surface area contributed by atoms with Crippen molar-refractivity contribution in [2.75, 3.05) is 0 Å². The van der Waals surface area contributed by atoms with Gasteiger partial charge in [0.25, 0.3) is 5.56 Å². The molecule has 2 N–H and O–H groups in total. The number of nitrogens with zero attached hydrogens (tertiary/aromatic N) is 2. The van der Waals surface area contributed by atoms with E-state index in [4.69, 9.17) is 5.73 Å². The minimum absolute atomic E-state index is 0.0308. The topological polar surface area (TPSA) is 60.9 Å². The van der Waals surface area contributed by atoms with Crippen molar-refractivity contribution in [3.63, 3.8) is 0 Å². The summed E-state index contributed by atoms with van der Waals surface area (Å²) in [4.78, 5) is 11.6. The summed E-state index contributed by atoms with van der Waals surface area (Å²) >= 11 is 0. The van der Waals surface area contributed by atoms with Gasteiger partial charge in [-0.15, -0.1) is 0 Å². The fourth-order valence-electron chi connectivity index (χ4n) is 1.77. The van der Waals surface area contributed by atoms with Crippen LogP contribution in [0, 0.1) is 18.6 Å². The van der Waals surface area contributed by atoms with Crippen LogP contribution in [0.3, 0.4) is 0 Å². The van der Waals surface area contributed by atoms with Crippen molar-refractivity contribution in [1.82, 2.24) is 9.78 Å². The molecule has 0 saturated heterocycles. The third-order valence-electron chi connectivity index (χ3n) is 2.73. The van der Waals surface area contributed by atoms with E-state index in [1.54, 1.807) is 13.0 Å². The third-order valence-corrected chi connectivity index (χ3v) is 2.73. The Balaban J connectivity index is 2.28. The van der Waals surface area contributed by atoms with E-state index in [1.165, 1.54) is 16.8 Å². The second kappa shape index (κ2) is 5.27. The van der Waals surface area contributed by atoms with Gasteiger partial charge in [0.2, 0.25) is 0 Å². The highest BCUT2D eigenvalue weighted by Crippen LogP contribution is 2.17. The first kappa shape index (κ1) is 13.4. The first-order valence-corrected chi connectivity index (χ1v) is 5.72. The summed E-state index contributed by atoms with van der Waals surface area (Å²) in [7, 11) is 0. The maximum absolute atomic E-state index is 13.6. The van der Waals surface area contributed by atoms with Gasteiger partial charge in [-0.3, -0.25) is 4.79 Å². The molecule has 0 fully saturated rings. The number of hydrogen-bond acceptors (Lipinski definition) is 3. The van der Waals surface area contributed by atoms with E-state index in [9.17, 15) is 13.6 Å². The molecule has 1 aromatic carbocycles. The van der Waals surface area contributed by atoms with E-state index in [2.05, 4.69) is 5.10 Å². The number of aryl methyl sites for hydroxylation is 1. The molecule has 2 rings (SSSR count). The molecule has 0 saturated carbocycles. The molecule has 1 atom stereocenters. The van der Waals surface area contributed by atoms with Crippen molar-refractivity contribution in [3.05, 3.63) is 63.6 Å². The van der Waals surface area contributed by atoms with Crippen molar-refractivity contribution in [2.45, 2.75) is 19.5 Å². The fourth-order valence-corrected chi connectivity index (χ4v) is 1.77. The molecule has 2 aromatic rings. The van der Waals surface area contributed by atoms with Crippen LogP contribution in [0.5, 0.6) is 0 Å². The van der Waals surface area contributed by atoms with Crippen molar-refractivity contribution < 1.29 is 8.78 Å². The number of hydrogen-bond donors (Lipinski definition) is 1. The zero-order chi connectivity index (χ0) is 14.0. The van der Waals surface area contributed by atoms with Crippen LogP contribution in [0.15, 0.2) is 35.1 Å². The lowest BCUT2D eigenvalue weighted by Crippen LogP contribution is -2.29. The highest BCUT2D eigenvalue weighted by molar-refractivity contribution is 5.21. The van der Waals surface area contributed by atoms with E-state index in [1.807, 2.05) is 0 Å². The third kappa shape index (κ3) is 3.03. The molecule has 0 bridgehead atoms. The molecular weight excluding hydrogens is 252 g/mol. The molecule has 0 aliphatic rings. The Morgan fingerprint density at radius 2 is 2.05 bits per heavy atom. The second-order valence-electron chi connectivity index (χ2n) is 4.27. The van der Waals surface area contributed by atoms with E-state index in [0.717, 1.165) is 12.1 Å². The van der Waals surface area contributed by atoms with Gasteiger partial charge >= 0.3 is 0 Å². The van der Waals surface area contributed by atoms with Crippen molar-refractivity contribution >= 4 is 0 Å². The molecule has 6 heteroatoms. The lowest BCUT2D eigenvalue weighted by atomic mass is 10.1. The molecule has 0 amide bonds. The number of halogens is 2. The first-order valence-electron chi connectivity index (χ1n) is 5.72. The van der Waals surface area contributed by atoms with Gasteiger partial charge in [0, 0.05) is 17.7 Å². The van der Waals surface area contributed by atoms with Crippen LogP contribution in [0.2, 0.25) is 0 Å². The van der Waals surface area contributed by atoms with E-state index < -0.39 is 17.7 Å². The highest BCUT2D eigenvalue weighted by Gasteiger charge is 2.14. The standard InChI is InChI=1S/C13H13F2N3O/c1-8-2-5-13(19)18(17-8)7-12(16)10-4-3-9(14)6-11(10)15/h2-6,12H,7,16H2,1H3. The smallest absolute Gasteiger partial charge is 0.266 e. The molecule has 0 aliphatic heterocycles. The van der Waals surface area contributed by atoms with E-state index >= 15 is 0 Å². The molecular formula is C13H13F2N3O. The zero-order valence-electron chi connectivity index (χ0n) is 10.3. The monoisotopic (exact) mass is 265 g/mol. The minimum Gasteiger partial charge on any atom is -0.322 e. The molecule has 1 aromatic heterocycles. The number of nitrogens with two attached hydrogens (primary N) is 1. The lowest BCUT2D eigenvalue weighted by molar-refractivity contribution is 0.477. The Morgan fingerprint density at radius 3 is 2.74 bits per heavy atom. The van der Waals surface area contributed by atoms with Crippen molar-refractivity contribution in [1.29, 1.82) is 0 Å². The Kier molecular flexibility index (Phi) is 3.71. The van der Waals surface area contributed by atoms with Crippen LogP contribution in [-0.2, 0) is 6.54 Å². The molecule has 19 heavy (non-hydrogen) atoms. The summed E-state index contributed by atoms with van der Waals surface area (Å²) in [6, 6.07) is 5.36. The van der Waals surface area contributed by atoms with Crippen molar-refractivity contribution in [3.8, 4) is 0 Å². The Bertz CT molecular complexity index is 655. The van der Waals surface area contributed by atoms with Gasteiger partial charge in [0.15, 0.2) is 0 Å². The lowest BCUT2D eigenvalue weighted by Gasteiger charge is -2.14. The molecule has 0 aliphatic carbocycles. The Morgan fingerprint density at radius 1 is 1.32 bits per heavy atom. The van der Waals surface area contributed by atoms with Crippen LogP contribution < -0.4 is 11.3 Å². The predicted molar refractivity (Wildman–Crippen MR) is 66.5 cm³/mol. The van der Waals surface area contributed by atoms with Crippen LogP contribution in [-0.4, -0.2) is 9.78 Å². The summed E-state index contributed by atoms with van der Waals surface area (Å²) < 4.78 is 27.5. The van der Waals surface area contributed by atoms with Gasteiger partial charge < -0.3 is 5.73 Å². The largest absolute Gasteiger partial charge is 0.322 e. The van der Waals surface area contributed by atoms with Gasteiger partial charge in [0.05, 0.1) is 18.3 Å². The Hall–Kier alpha value is -2.08. The highest BCUT2D eigenvalue weighted by atomic mass is 19.1. The minimum atomic E-state index is -0.771. The first-order chi connectivity index (χ1) is 8.97. The van der Waals surface area contributed by atoms with E-state index in [-0.39, 0.29) is 17.7 Å². The number of aromatic nitrogens is 2. The number of benzene rings is 1. The SMILES string of the molecule is Cc1ccc(=O)n(CC(N)c2ccc(F)cc2F)n1. The van der Waals surface area contributed by atoms with Gasteiger partial charge in [-0.05, 0) is 19.1 Å². The molecule has 0 radical (unpaired) electrons. The molecule has 0 spiro atoms. The van der Waals surface area contributed by atoms with E-state index in [0.29, 0.717) is 5.69 Å². The molecule has 100 valence electrons. The van der Waals surface area contributed by atoms with Crippen LogP contribution in [0.25, 0.3) is 0 Å². The van der Waals surface area contributed by atoms with Crippen molar-refractivity contribution in [2.24, 2.45) is 5.73 Å². The molecule has 1 unspecified atom stereocenters. The molecule has 1 heterocycles. The van der Waals surface area contributed by atoms with Gasteiger partial charge in [-0.25, -0.2) is 13.5 Å². The van der Waals surface area contributed by atoms with Gasteiger partial charge in [-0.1, -0.05) is 6.07 Å². The second-order valence-corrected chi connectivity index (χ2v) is 4.27. The fraction of sp³-hybridized carbons (Fsp3) is 0.231. The predicted octanol–water partition coefficient (Wildman–Crippen LogP) is 1.53. The zero-order valence-corrected chi connectivity index (χ0v) is 10.3. The summed E-state index contributed by atoms with van der Waals surface area (Å²) in [6.07, 6.45) is 0. The van der Waals surface area contributed by atoms with Crippen LogP contribution >= 0.6 is 0 Å². The normalized spacial score (nSPS) is 12.4. The van der Waals surface area contributed by atoms with Crippen LogP contribution in [0.1, 0.15) is 17.3 Å². The van der Waals surface area contributed by atoms with Gasteiger partial charge in [-0.2, -0.15) is 5.10 Å². The molecule has 4 nitrogen and oxygen atoms in total. The summed E-state index contributed by atoms with van der Waals surface area (Å²) in [6.45, 7) is 1.77. The quantitative estimate of drug-likeness (QED) is 0.915. The maximum Gasteiger partial charge on any atom is 0.266 e.